The molecule has 0 radical (unpaired) electrons. The Hall–Kier alpha value is -1.65. The van der Waals surface area contributed by atoms with Crippen LogP contribution in [0.3, 0.4) is 0 Å². The number of aliphatic hydroxyl groups excluding tert-OH is 1. The lowest BCUT2D eigenvalue weighted by molar-refractivity contribution is 0.0498. The number of carbonyl (C=O) groups is 1. The molecule has 1 fully saturated rings. The van der Waals surface area contributed by atoms with Crippen molar-refractivity contribution < 1.29 is 9.90 Å². The highest BCUT2D eigenvalue weighted by atomic mass is 35.5. The molecule has 1 aliphatic rings. The Labute approximate surface area is 128 Å². The monoisotopic (exact) mass is 304 g/mol. The van der Waals surface area contributed by atoms with Gasteiger partial charge in [-0.3, -0.25) is 4.79 Å². The maximum Gasteiger partial charge on any atom is 0.272 e. The van der Waals surface area contributed by atoms with E-state index in [2.05, 4.69) is 4.98 Å². The summed E-state index contributed by atoms with van der Waals surface area (Å²) < 4.78 is 0. The van der Waals surface area contributed by atoms with Gasteiger partial charge in [0.2, 0.25) is 0 Å². The van der Waals surface area contributed by atoms with Crippen molar-refractivity contribution in [1.82, 2.24) is 9.88 Å². The summed E-state index contributed by atoms with van der Waals surface area (Å²) in [5.74, 6) is -0.151. The quantitative estimate of drug-likeness (QED) is 0.928. The molecule has 2 heterocycles. The topological polar surface area (TPSA) is 53.4 Å². The maximum absolute atomic E-state index is 12.7. The summed E-state index contributed by atoms with van der Waals surface area (Å²) in [4.78, 5) is 18.8. The van der Waals surface area contributed by atoms with Gasteiger partial charge in [-0.15, -0.1) is 0 Å². The van der Waals surface area contributed by atoms with Crippen molar-refractivity contribution in [3.05, 3.63) is 41.0 Å². The summed E-state index contributed by atoms with van der Waals surface area (Å²) in [7, 11) is 0. The standard InChI is InChI=1S/C16H17ClN2O2/c17-13-9-15(18-14-7-2-1-6-12(13)14)16(21)19-8-4-3-5-11(19)10-20/h1-2,6-7,9,11,20H,3-5,8,10H2. The lowest BCUT2D eigenvalue weighted by atomic mass is 10.0. The summed E-state index contributed by atoms with van der Waals surface area (Å²) in [6.07, 6.45) is 2.84. The van der Waals surface area contributed by atoms with Crippen molar-refractivity contribution in [3.63, 3.8) is 0 Å². The number of hydrogen-bond donors (Lipinski definition) is 1. The van der Waals surface area contributed by atoms with Crippen molar-refractivity contribution in [2.75, 3.05) is 13.2 Å². The lowest BCUT2D eigenvalue weighted by Gasteiger charge is -2.34. The highest BCUT2D eigenvalue weighted by Crippen LogP contribution is 2.25. The van der Waals surface area contributed by atoms with Gasteiger partial charge in [0.15, 0.2) is 0 Å². The number of rotatable bonds is 2. The van der Waals surface area contributed by atoms with Crippen LogP contribution in [0, 0.1) is 0 Å². The number of aliphatic hydroxyl groups is 1. The van der Waals surface area contributed by atoms with Crippen molar-refractivity contribution >= 4 is 28.4 Å². The number of nitrogens with zero attached hydrogens (tertiary/aromatic N) is 2. The van der Waals surface area contributed by atoms with Crippen LogP contribution >= 0.6 is 11.6 Å². The molecule has 5 heteroatoms. The third kappa shape index (κ3) is 2.74. The van der Waals surface area contributed by atoms with Gasteiger partial charge >= 0.3 is 0 Å². The van der Waals surface area contributed by atoms with Gasteiger partial charge < -0.3 is 10.0 Å². The molecule has 0 aliphatic carbocycles. The number of carbonyl (C=O) groups excluding carboxylic acids is 1. The molecule has 4 nitrogen and oxygen atoms in total. The van der Waals surface area contributed by atoms with E-state index in [1.165, 1.54) is 0 Å². The number of benzene rings is 1. The van der Waals surface area contributed by atoms with Crippen LogP contribution in [0.1, 0.15) is 29.8 Å². The fourth-order valence-corrected chi connectivity index (χ4v) is 3.11. The zero-order valence-electron chi connectivity index (χ0n) is 11.6. The fraction of sp³-hybridized carbons (Fsp3) is 0.375. The second-order valence-corrected chi connectivity index (χ2v) is 5.74. The van der Waals surface area contributed by atoms with E-state index in [4.69, 9.17) is 11.6 Å². The molecule has 21 heavy (non-hydrogen) atoms. The van der Waals surface area contributed by atoms with E-state index in [1.807, 2.05) is 24.3 Å². The number of hydrogen-bond acceptors (Lipinski definition) is 3. The van der Waals surface area contributed by atoms with Gasteiger partial charge in [-0.05, 0) is 31.4 Å². The van der Waals surface area contributed by atoms with Gasteiger partial charge in [0.1, 0.15) is 5.69 Å². The van der Waals surface area contributed by atoms with Crippen LogP contribution in [0.5, 0.6) is 0 Å². The van der Waals surface area contributed by atoms with Crippen molar-refractivity contribution in [3.8, 4) is 0 Å². The Morgan fingerprint density at radius 1 is 1.38 bits per heavy atom. The lowest BCUT2D eigenvalue weighted by Crippen LogP contribution is -2.45. The molecule has 1 amide bonds. The molecule has 1 unspecified atom stereocenters. The number of aromatic nitrogens is 1. The SMILES string of the molecule is O=C(c1cc(Cl)c2ccccc2n1)N1CCCCC1CO. The molecule has 3 rings (SSSR count). The van der Waals surface area contributed by atoms with Crippen molar-refractivity contribution in [1.29, 1.82) is 0 Å². The third-order valence-corrected chi connectivity index (χ3v) is 4.30. The first-order valence-electron chi connectivity index (χ1n) is 7.18. The number of piperidine rings is 1. The normalized spacial score (nSPS) is 19.0. The zero-order chi connectivity index (χ0) is 14.8. The molecular weight excluding hydrogens is 288 g/mol. The summed E-state index contributed by atoms with van der Waals surface area (Å²) >= 11 is 6.26. The molecule has 1 aromatic carbocycles. The van der Waals surface area contributed by atoms with Gasteiger partial charge in [-0.2, -0.15) is 0 Å². The molecule has 0 bridgehead atoms. The van der Waals surface area contributed by atoms with E-state index in [1.54, 1.807) is 11.0 Å². The number of fused-ring (bicyclic) bond motifs is 1. The minimum Gasteiger partial charge on any atom is -0.394 e. The van der Waals surface area contributed by atoms with E-state index < -0.39 is 0 Å². The smallest absolute Gasteiger partial charge is 0.272 e. The van der Waals surface area contributed by atoms with Crippen LogP contribution in [0.25, 0.3) is 10.9 Å². The predicted octanol–water partition coefficient (Wildman–Crippen LogP) is 2.88. The molecular formula is C16H17ClN2O2. The van der Waals surface area contributed by atoms with Crippen molar-refractivity contribution in [2.24, 2.45) is 0 Å². The second kappa shape index (κ2) is 6.00. The fourth-order valence-electron chi connectivity index (χ4n) is 2.85. The largest absolute Gasteiger partial charge is 0.394 e. The zero-order valence-corrected chi connectivity index (χ0v) is 12.4. The van der Waals surface area contributed by atoms with Crippen LogP contribution in [0.15, 0.2) is 30.3 Å². The van der Waals surface area contributed by atoms with E-state index in [0.717, 1.165) is 24.6 Å². The molecule has 0 spiro atoms. The predicted molar refractivity (Wildman–Crippen MR) is 82.5 cm³/mol. The molecule has 1 N–H and O–H groups in total. The number of halogens is 1. The molecule has 1 saturated heterocycles. The molecule has 0 saturated carbocycles. The minimum absolute atomic E-state index is 0.00689. The molecule has 110 valence electrons. The van der Waals surface area contributed by atoms with Gasteiger partial charge in [0, 0.05) is 11.9 Å². The van der Waals surface area contributed by atoms with Crippen molar-refractivity contribution in [2.45, 2.75) is 25.3 Å². The van der Waals surface area contributed by atoms with Gasteiger partial charge in [-0.1, -0.05) is 29.8 Å². The molecule has 2 aromatic rings. The van der Waals surface area contributed by atoms with Gasteiger partial charge in [0.05, 0.1) is 23.2 Å². The third-order valence-electron chi connectivity index (χ3n) is 3.98. The summed E-state index contributed by atoms with van der Waals surface area (Å²) in [6.45, 7) is 0.656. The molecule has 1 aromatic heterocycles. The van der Waals surface area contributed by atoms with E-state index in [0.29, 0.717) is 22.8 Å². The summed E-state index contributed by atoms with van der Waals surface area (Å²) in [5.41, 5.74) is 1.06. The highest BCUT2D eigenvalue weighted by molar-refractivity contribution is 6.35. The Morgan fingerprint density at radius 2 is 2.19 bits per heavy atom. The average molecular weight is 305 g/mol. The Morgan fingerprint density at radius 3 is 3.00 bits per heavy atom. The van der Waals surface area contributed by atoms with E-state index in [-0.39, 0.29) is 18.6 Å². The van der Waals surface area contributed by atoms with Crippen LogP contribution < -0.4 is 0 Å². The minimum atomic E-state index is -0.151. The van der Waals surface area contributed by atoms with Crippen LogP contribution in [-0.4, -0.2) is 40.1 Å². The summed E-state index contributed by atoms with van der Waals surface area (Å²) in [5, 5.41) is 10.8. The molecule has 1 atom stereocenters. The maximum atomic E-state index is 12.7. The number of likely N-dealkylation sites (tertiary alicyclic amines) is 1. The van der Waals surface area contributed by atoms with Crippen LogP contribution in [0.4, 0.5) is 0 Å². The Bertz CT molecular complexity index is 674. The number of para-hydroxylation sites is 1. The first kappa shape index (κ1) is 14.3. The Balaban J connectivity index is 1.97. The summed E-state index contributed by atoms with van der Waals surface area (Å²) in [6, 6.07) is 9.00. The first-order chi connectivity index (χ1) is 10.2. The second-order valence-electron chi connectivity index (χ2n) is 5.34. The van der Waals surface area contributed by atoms with Gasteiger partial charge in [-0.25, -0.2) is 4.98 Å². The highest BCUT2D eigenvalue weighted by Gasteiger charge is 2.28. The van der Waals surface area contributed by atoms with E-state index in [9.17, 15) is 9.90 Å². The first-order valence-corrected chi connectivity index (χ1v) is 7.55. The number of pyridine rings is 1. The van der Waals surface area contributed by atoms with Gasteiger partial charge in [0.25, 0.3) is 5.91 Å². The van der Waals surface area contributed by atoms with Crippen LogP contribution in [-0.2, 0) is 0 Å². The average Bonchev–Trinajstić information content (AvgIpc) is 2.54. The Kier molecular flexibility index (Phi) is 4.08. The van der Waals surface area contributed by atoms with E-state index >= 15 is 0 Å². The van der Waals surface area contributed by atoms with Crippen LogP contribution in [0.2, 0.25) is 5.02 Å². The molecule has 1 aliphatic heterocycles. The number of amides is 1.